The first kappa shape index (κ1) is 20.4. The Labute approximate surface area is 173 Å². The number of aromatic amines is 1. The number of Topliss-reactive ketones (excluding diaryl/α,β-unsaturated/α-hetero) is 1. The van der Waals surface area contributed by atoms with Crippen LogP contribution in [0.5, 0.6) is 5.75 Å². The SMILES string of the molecule is COc1ccc(Cl)cc1-c1nc(SCc2c(C)cc(C)c(C(C)=O)c2C)n[nH]1. The third-order valence-corrected chi connectivity index (χ3v) is 5.82. The molecule has 28 heavy (non-hydrogen) atoms. The quantitative estimate of drug-likeness (QED) is 0.422. The second kappa shape index (κ2) is 8.37. The highest BCUT2D eigenvalue weighted by Crippen LogP contribution is 2.32. The summed E-state index contributed by atoms with van der Waals surface area (Å²) >= 11 is 7.63. The van der Waals surface area contributed by atoms with Gasteiger partial charge in [-0.3, -0.25) is 9.89 Å². The van der Waals surface area contributed by atoms with Crippen LogP contribution in [0.3, 0.4) is 0 Å². The number of carbonyl (C=O) groups excluding carboxylic acids is 1. The number of hydrogen-bond acceptors (Lipinski definition) is 5. The number of methoxy groups -OCH3 is 1. The number of halogens is 1. The lowest BCUT2D eigenvalue weighted by Gasteiger charge is -2.15. The van der Waals surface area contributed by atoms with Crippen LogP contribution < -0.4 is 4.74 Å². The Kier molecular flexibility index (Phi) is 6.10. The minimum absolute atomic E-state index is 0.0921. The predicted octanol–water partition coefficient (Wildman–Crippen LogP) is 5.55. The van der Waals surface area contributed by atoms with E-state index in [1.165, 1.54) is 17.3 Å². The Morgan fingerprint density at radius 3 is 2.64 bits per heavy atom. The molecule has 0 amide bonds. The fraction of sp³-hybridized carbons (Fsp3) is 0.286. The molecule has 0 aliphatic rings. The Morgan fingerprint density at radius 2 is 1.96 bits per heavy atom. The second-order valence-corrected chi connectivity index (χ2v) is 8.02. The van der Waals surface area contributed by atoms with Gasteiger partial charge in [0.2, 0.25) is 5.16 Å². The van der Waals surface area contributed by atoms with E-state index in [1.807, 2.05) is 13.8 Å². The van der Waals surface area contributed by atoms with E-state index < -0.39 is 0 Å². The molecule has 0 unspecified atom stereocenters. The van der Waals surface area contributed by atoms with Gasteiger partial charge in [-0.15, -0.1) is 5.10 Å². The van der Waals surface area contributed by atoms with E-state index in [-0.39, 0.29) is 5.78 Å². The average molecular weight is 416 g/mol. The number of H-pyrrole nitrogens is 1. The number of nitrogens with one attached hydrogen (secondary N) is 1. The molecule has 146 valence electrons. The Balaban J connectivity index is 1.86. The summed E-state index contributed by atoms with van der Waals surface area (Å²) in [5, 5.41) is 8.49. The van der Waals surface area contributed by atoms with E-state index in [9.17, 15) is 4.79 Å². The van der Waals surface area contributed by atoms with Crippen molar-refractivity contribution in [1.29, 1.82) is 0 Å². The third kappa shape index (κ3) is 4.08. The summed E-state index contributed by atoms with van der Waals surface area (Å²) < 4.78 is 5.39. The van der Waals surface area contributed by atoms with Crippen LogP contribution in [0.2, 0.25) is 5.02 Å². The molecule has 0 spiro atoms. The van der Waals surface area contributed by atoms with Crippen LogP contribution in [0.1, 0.15) is 39.5 Å². The molecule has 3 aromatic rings. The number of nitrogens with zero attached hydrogens (tertiary/aromatic N) is 2. The number of rotatable bonds is 6. The highest BCUT2D eigenvalue weighted by molar-refractivity contribution is 7.98. The van der Waals surface area contributed by atoms with Crippen molar-refractivity contribution in [2.24, 2.45) is 0 Å². The first-order chi connectivity index (χ1) is 13.3. The fourth-order valence-corrected chi connectivity index (χ4v) is 4.58. The summed E-state index contributed by atoms with van der Waals surface area (Å²) in [6, 6.07) is 7.43. The lowest BCUT2D eigenvalue weighted by atomic mass is 9.92. The molecule has 0 aliphatic heterocycles. The molecule has 1 N–H and O–H groups in total. The molecule has 3 rings (SSSR count). The number of aryl methyl sites for hydroxylation is 2. The topological polar surface area (TPSA) is 67.9 Å². The second-order valence-electron chi connectivity index (χ2n) is 6.64. The minimum Gasteiger partial charge on any atom is -0.496 e. The minimum atomic E-state index is 0.0921. The van der Waals surface area contributed by atoms with E-state index in [0.29, 0.717) is 27.5 Å². The van der Waals surface area contributed by atoms with Crippen LogP contribution in [-0.4, -0.2) is 28.1 Å². The molecular weight excluding hydrogens is 394 g/mol. The number of hydrogen-bond donors (Lipinski definition) is 1. The van der Waals surface area contributed by atoms with Crippen molar-refractivity contribution in [1.82, 2.24) is 15.2 Å². The molecule has 1 heterocycles. The molecular formula is C21H22ClN3O2S. The molecule has 0 saturated heterocycles. The third-order valence-electron chi connectivity index (χ3n) is 4.71. The normalized spacial score (nSPS) is 10.9. The number of benzene rings is 2. The summed E-state index contributed by atoms with van der Waals surface area (Å²) in [5.41, 5.74) is 5.93. The molecule has 0 saturated carbocycles. The van der Waals surface area contributed by atoms with E-state index in [2.05, 4.69) is 28.2 Å². The summed E-state index contributed by atoms with van der Waals surface area (Å²) in [6.45, 7) is 7.67. The highest BCUT2D eigenvalue weighted by Gasteiger charge is 2.16. The van der Waals surface area contributed by atoms with Gasteiger partial charge in [0, 0.05) is 16.3 Å². The van der Waals surface area contributed by atoms with Gasteiger partial charge in [-0.25, -0.2) is 4.98 Å². The zero-order valence-electron chi connectivity index (χ0n) is 16.5. The first-order valence-corrected chi connectivity index (χ1v) is 10.2. The molecule has 5 nitrogen and oxygen atoms in total. The maximum atomic E-state index is 12.0. The van der Waals surface area contributed by atoms with Gasteiger partial charge in [0.1, 0.15) is 5.75 Å². The van der Waals surface area contributed by atoms with Crippen molar-refractivity contribution >= 4 is 29.1 Å². The summed E-state index contributed by atoms with van der Waals surface area (Å²) in [5.74, 6) is 2.05. The number of thioether (sulfide) groups is 1. The van der Waals surface area contributed by atoms with E-state index in [1.54, 1.807) is 32.2 Å². The fourth-order valence-electron chi connectivity index (χ4n) is 3.42. The van der Waals surface area contributed by atoms with Gasteiger partial charge in [0.05, 0.1) is 12.7 Å². The van der Waals surface area contributed by atoms with Gasteiger partial charge in [-0.2, -0.15) is 0 Å². The zero-order chi connectivity index (χ0) is 20.4. The van der Waals surface area contributed by atoms with Crippen molar-refractivity contribution < 1.29 is 9.53 Å². The molecule has 7 heteroatoms. The first-order valence-electron chi connectivity index (χ1n) is 8.81. The highest BCUT2D eigenvalue weighted by atomic mass is 35.5. The van der Waals surface area contributed by atoms with Crippen molar-refractivity contribution in [2.75, 3.05) is 7.11 Å². The molecule has 1 aromatic heterocycles. The van der Waals surface area contributed by atoms with Crippen LogP contribution >= 0.6 is 23.4 Å². The monoisotopic (exact) mass is 415 g/mol. The molecule has 0 atom stereocenters. The van der Waals surface area contributed by atoms with Crippen LogP contribution in [-0.2, 0) is 5.75 Å². The van der Waals surface area contributed by atoms with Gasteiger partial charge in [-0.05, 0) is 68.1 Å². The van der Waals surface area contributed by atoms with Crippen LogP contribution in [0.25, 0.3) is 11.4 Å². The molecule has 0 bridgehead atoms. The summed E-state index contributed by atoms with van der Waals surface area (Å²) in [7, 11) is 1.61. The van der Waals surface area contributed by atoms with Crippen LogP contribution in [0, 0.1) is 20.8 Å². The number of carbonyl (C=O) groups is 1. The Hall–Kier alpha value is -2.31. The van der Waals surface area contributed by atoms with Gasteiger partial charge in [0.25, 0.3) is 0 Å². The van der Waals surface area contributed by atoms with Crippen LogP contribution in [0.15, 0.2) is 29.4 Å². The lowest BCUT2D eigenvalue weighted by Crippen LogP contribution is -2.05. The predicted molar refractivity (Wildman–Crippen MR) is 114 cm³/mol. The smallest absolute Gasteiger partial charge is 0.209 e. The van der Waals surface area contributed by atoms with E-state index in [0.717, 1.165) is 27.8 Å². The van der Waals surface area contributed by atoms with Gasteiger partial charge < -0.3 is 4.74 Å². The average Bonchev–Trinajstić information content (AvgIpc) is 3.09. The lowest BCUT2D eigenvalue weighted by molar-refractivity contribution is 0.101. The number of ketones is 1. The van der Waals surface area contributed by atoms with Crippen molar-refractivity contribution in [3.8, 4) is 17.1 Å². The number of aromatic nitrogens is 3. The largest absolute Gasteiger partial charge is 0.496 e. The van der Waals surface area contributed by atoms with Crippen molar-refractivity contribution in [3.05, 3.63) is 57.1 Å². The van der Waals surface area contributed by atoms with Gasteiger partial charge in [0.15, 0.2) is 11.6 Å². The van der Waals surface area contributed by atoms with Gasteiger partial charge >= 0.3 is 0 Å². The molecule has 0 aliphatic carbocycles. The zero-order valence-corrected chi connectivity index (χ0v) is 18.1. The van der Waals surface area contributed by atoms with Crippen molar-refractivity contribution in [2.45, 2.75) is 38.6 Å². The maximum absolute atomic E-state index is 12.0. The van der Waals surface area contributed by atoms with Gasteiger partial charge in [-0.1, -0.05) is 29.4 Å². The van der Waals surface area contributed by atoms with Crippen molar-refractivity contribution in [3.63, 3.8) is 0 Å². The maximum Gasteiger partial charge on any atom is 0.209 e. The Morgan fingerprint density at radius 1 is 1.21 bits per heavy atom. The number of ether oxygens (including phenoxy) is 1. The Bertz CT molecular complexity index is 1050. The van der Waals surface area contributed by atoms with E-state index in [4.69, 9.17) is 16.3 Å². The standard InChI is InChI=1S/C21H22ClN3O2S/c1-11-8-12(2)19(14(4)26)13(3)17(11)10-28-21-23-20(24-25-21)16-9-15(22)6-7-18(16)27-5/h6-9H,10H2,1-5H3,(H,23,24,25). The van der Waals surface area contributed by atoms with Crippen LogP contribution in [0.4, 0.5) is 0 Å². The molecule has 0 radical (unpaired) electrons. The molecule has 2 aromatic carbocycles. The summed E-state index contributed by atoms with van der Waals surface area (Å²) in [6.07, 6.45) is 0. The van der Waals surface area contributed by atoms with E-state index >= 15 is 0 Å². The molecule has 0 fully saturated rings. The summed E-state index contributed by atoms with van der Waals surface area (Å²) in [4.78, 5) is 16.6.